The maximum Gasteiger partial charge on any atom is 2.00 e. The van der Waals surface area contributed by atoms with Crippen LogP contribution in [0.2, 0.25) is 0 Å². The third kappa shape index (κ3) is 4.26. The number of aliphatic hydroxyl groups excluding tert-OH is 1. The molecule has 1 nitrogen and oxygen atoms in total. The molecule has 0 spiro atoms. The standard InChI is InChI=1S/C14H16O.2ClH.Ti/c1-10-7-11(2)14(8-10)13-6-4-3-5-12(13)9-15;;;/h3-8,14-15H,9H2,1-2H3;2*1H;/q;;;+2/p-2. The molecule has 0 heterocycles. The van der Waals surface area contributed by atoms with Crippen molar-refractivity contribution in [1.82, 2.24) is 0 Å². The Bertz CT molecular complexity index is 441. The van der Waals surface area contributed by atoms with Crippen molar-refractivity contribution in [2.75, 3.05) is 0 Å². The zero-order valence-corrected chi connectivity index (χ0v) is 13.5. The molecular weight excluding hydrogens is 303 g/mol. The van der Waals surface area contributed by atoms with Crippen molar-refractivity contribution in [1.29, 1.82) is 0 Å². The van der Waals surface area contributed by atoms with Crippen molar-refractivity contribution in [3.8, 4) is 0 Å². The number of rotatable bonds is 2. The summed E-state index contributed by atoms with van der Waals surface area (Å²) in [6, 6.07) is 8.09. The second-order valence-corrected chi connectivity index (χ2v) is 4.13. The molecule has 0 radical (unpaired) electrons. The van der Waals surface area contributed by atoms with E-state index in [-0.39, 0.29) is 53.1 Å². The van der Waals surface area contributed by atoms with Crippen molar-refractivity contribution in [3.05, 3.63) is 58.7 Å². The van der Waals surface area contributed by atoms with E-state index in [1.165, 1.54) is 16.7 Å². The van der Waals surface area contributed by atoms with E-state index in [4.69, 9.17) is 0 Å². The van der Waals surface area contributed by atoms with Crippen molar-refractivity contribution >= 4 is 0 Å². The van der Waals surface area contributed by atoms with Crippen molar-refractivity contribution in [2.24, 2.45) is 0 Å². The fourth-order valence-corrected chi connectivity index (χ4v) is 2.21. The van der Waals surface area contributed by atoms with Crippen LogP contribution in [0, 0.1) is 0 Å². The summed E-state index contributed by atoms with van der Waals surface area (Å²) in [4.78, 5) is 0. The molecule has 0 amide bonds. The van der Waals surface area contributed by atoms with Gasteiger partial charge in [-0.2, -0.15) is 0 Å². The number of halogens is 2. The van der Waals surface area contributed by atoms with Gasteiger partial charge in [0.25, 0.3) is 0 Å². The molecule has 0 fully saturated rings. The quantitative estimate of drug-likeness (QED) is 0.583. The van der Waals surface area contributed by atoms with E-state index in [0.29, 0.717) is 5.92 Å². The average molecular weight is 319 g/mol. The summed E-state index contributed by atoms with van der Waals surface area (Å²) in [5, 5.41) is 9.29. The largest absolute Gasteiger partial charge is 2.00 e. The Labute approximate surface area is 136 Å². The van der Waals surface area contributed by atoms with Crippen LogP contribution < -0.4 is 24.8 Å². The normalized spacial score (nSPS) is 16.7. The summed E-state index contributed by atoms with van der Waals surface area (Å²) in [7, 11) is 0. The molecule has 18 heavy (non-hydrogen) atoms. The monoisotopic (exact) mass is 318 g/mol. The Morgan fingerprint density at radius 1 is 1.11 bits per heavy atom. The molecule has 0 aromatic heterocycles. The van der Waals surface area contributed by atoms with Crippen LogP contribution >= 0.6 is 0 Å². The Kier molecular flexibility index (Phi) is 10.1. The van der Waals surface area contributed by atoms with Crippen molar-refractivity contribution in [2.45, 2.75) is 26.4 Å². The van der Waals surface area contributed by atoms with Crippen LogP contribution in [-0.4, -0.2) is 5.11 Å². The SMILES string of the molecule is CC1=CC(c2ccccc2CO)C(C)=C1.[Cl-].[Cl-].[Ti+2]. The van der Waals surface area contributed by atoms with Gasteiger partial charge in [0, 0.05) is 5.92 Å². The second kappa shape index (κ2) is 8.95. The van der Waals surface area contributed by atoms with Gasteiger partial charge < -0.3 is 29.9 Å². The fraction of sp³-hybridized carbons (Fsp3) is 0.286. The van der Waals surface area contributed by atoms with Crippen molar-refractivity contribution < 1.29 is 51.6 Å². The molecule has 1 aliphatic carbocycles. The maximum absolute atomic E-state index is 9.29. The van der Waals surface area contributed by atoms with Crippen LogP contribution in [-0.2, 0) is 28.3 Å². The van der Waals surface area contributed by atoms with Gasteiger partial charge in [0.05, 0.1) is 6.61 Å². The van der Waals surface area contributed by atoms with Crippen LogP contribution in [0.5, 0.6) is 0 Å². The summed E-state index contributed by atoms with van der Waals surface area (Å²) in [6.07, 6.45) is 4.46. The zero-order chi connectivity index (χ0) is 10.8. The van der Waals surface area contributed by atoms with Crippen LogP contribution in [0.3, 0.4) is 0 Å². The topological polar surface area (TPSA) is 20.2 Å². The number of allylic oxidation sites excluding steroid dienone is 4. The smallest absolute Gasteiger partial charge is 1.00 e. The van der Waals surface area contributed by atoms with Gasteiger partial charge in [0.1, 0.15) is 0 Å². The summed E-state index contributed by atoms with van der Waals surface area (Å²) in [5.74, 6) is 0.355. The van der Waals surface area contributed by atoms with Crippen LogP contribution in [0.1, 0.15) is 30.9 Å². The van der Waals surface area contributed by atoms with E-state index >= 15 is 0 Å². The van der Waals surface area contributed by atoms with E-state index in [1.54, 1.807) is 0 Å². The minimum atomic E-state index is 0. The Morgan fingerprint density at radius 3 is 2.22 bits per heavy atom. The van der Waals surface area contributed by atoms with E-state index in [9.17, 15) is 5.11 Å². The number of aliphatic hydroxyl groups is 1. The maximum atomic E-state index is 9.29. The first-order chi connectivity index (χ1) is 7.22. The van der Waals surface area contributed by atoms with E-state index in [0.717, 1.165) is 5.56 Å². The van der Waals surface area contributed by atoms with E-state index in [2.05, 4.69) is 32.1 Å². The van der Waals surface area contributed by atoms with Gasteiger partial charge in [-0.25, -0.2) is 0 Å². The predicted octanol–water partition coefficient (Wildman–Crippen LogP) is -2.83. The summed E-state index contributed by atoms with van der Waals surface area (Å²) in [5.41, 5.74) is 4.92. The average Bonchev–Trinajstić information content (AvgIpc) is 2.57. The summed E-state index contributed by atoms with van der Waals surface area (Å²) < 4.78 is 0. The first-order valence-corrected chi connectivity index (χ1v) is 5.27. The number of benzene rings is 1. The third-order valence-corrected chi connectivity index (χ3v) is 2.94. The Hall–Kier alpha value is -0.0457. The first kappa shape index (κ1) is 20.3. The molecule has 1 N–H and O–H groups in total. The second-order valence-electron chi connectivity index (χ2n) is 4.13. The molecule has 1 aromatic carbocycles. The van der Waals surface area contributed by atoms with Gasteiger partial charge >= 0.3 is 21.7 Å². The van der Waals surface area contributed by atoms with Gasteiger partial charge in [-0.3, -0.25) is 0 Å². The predicted molar refractivity (Wildman–Crippen MR) is 62.6 cm³/mol. The molecule has 1 unspecified atom stereocenters. The summed E-state index contributed by atoms with van der Waals surface area (Å²) >= 11 is 0. The molecule has 4 heteroatoms. The molecule has 0 aliphatic heterocycles. The molecular formula is C14H16Cl2OTi. The molecule has 1 aromatic rings. The molecule has 0 saturated heterocycles. The van der Waals surface area contributed by atoms with Crippen LogP contribution in [0.25, 0.3) is 0 Å². The van der Waals surface area contributed by atoms with Gasteiger partial charge in [-0.05, 0) is 25.0 Å². The molecule has 1 atom stereocenters. The molecule has 1 aliphatic rings. The van der Waals surface area contributed by atoms with Gasteiger partial charge in [0.2, 0.25) is 0 Å². The van der Waals surface area contributed by atoms with Crippen LogP contribution in [0.4, 0.5) is 0 Å². The van der Waals surface area contributed by atoms with Gasteiger partial charge in [-0.15, -0.1) is 0 Å². The third-order valence-electron chi connectivity index (χ3n) is 2.94. The molecule has 0 bridgehead atoms. The molecule has 96 valence electrons. The number of hydrogen-bond donors (Lipinski definition) is 1. The van der Waals surface area contributed by atoms with E-state index < -0.39 is 0 Å². The molecule has 2 rings (SSSR count). The molecule has 0 saturated carbocycles. The van der Waals surface area contributed by atoms with Crippen LogP contribution in [0.15, 0.2) is 47.6 Å². The van der Waals surface area contributed by atoms with Gasteiger partial charge in [0.15, 0.2) is 0 Å². The minimum absolute atomic E-state index is 0. The fourth-order valence-electron chi connectivity index (χ4n) is 2.21. The zero-order valence-electron chi connectivity index (χ0n) is 10.5. The Balaban J connectivity index is 0. The van der Waals surface area contributed by atoms with E-state index in [1.807, 2.05) is 18.2 Å². The van der Waals surface area contributed by atoms with Gasteiger partial charge in [-0.1, -0.05) is 47.6 Å². The minimum Gasteiger partial charge on any atom is -1.00 e. The summed E-state index contributed by atoms with van der Waals surface area (Å²) in [6.45, 7) is 4.38. The van der Waals surface area contributed by atoms with Crippen molar-refractivity contribution in [3.63, 3.8) is 0 Å². The first-order valence-electron chi connectivity index (χ1n) is 5.27. The number of hydrogen-bond acceptors (Lipinski definition) is 1. The Morgan fingerprint density at radius 2 is 1.72 bits per heavy atom.